The summed E-state index contributed by atoms with van der Waals surface area (Å²) in [5.74, 6) is -24.3. The number of Topliss-reactive ketones (excluding diaryl/α,β-unsaturated/α-hetero) is 5. The van der Waals surface area contributed by atoms with E-state index in [1.165, 1.54) is 39.8 Å². The lowest BCUT2D eigenvalue weighted by Crippen LogP contribution is -2.59. The number of aliphatic hydroxyl groups is 2. The molecule has 1 aromatic heterocycles. The number of carboxylic acid groups (broad SMARTS) is 1. The van der Waals surface area contributed by atoms with E-state index < -0.39 is 278 Å². The van der Waals surface area contributed by atoms with Gasteiger partial charge in [-0.1, -0.05) is 61.0 Å². The number of hydrogen-bond acceptors (Lipinski definition) is 27. The van der Waals surface area contributed by atoms with E-state index in [1.807, 2.05) is 0 Å². The number of carbonyl (C=O) groups excluding carboxylic acids is 19. The summed E-state index contributed by atoms with van der Waals surface area (Å²) in [5.41, 5.74) is -0.112. The summed E-state index contributed by atoms with van der Waals surface area (Å²) in [6.07, 6.45) is -2.75. The Kier molecular flexibility index (Phi) is 39.8. The standard InChI is InChI=1S/C82H113N13O27S/c1-11-43(3)73-63(102)34-50-33-55-54-36-57-64(37-56(54)90-80(55)123-42-59(87-67(105)39-84-79(116)74(44(4)12-2)91-68(106)40-83-76(50)113)77(114)89-58(38-72(111)119-10)81(117)93-41-53(99)35-60(93)78(115)92-73)122-82(118)46(6)32-62(101)49(9)86-66(104)24-30-121-27-13-15-51(97)21-25-94(69(107)18-17-47(7)96)95(70(108)19-20-71(109)110)26-22-52(98)16-14-28-120-29-23-65(103)85-48(8)61(100)31-45(5)75(112)88-57/h17-20,36-37,43-46,48-50,53,58-60,73-74,90,96,99H,7,11-16,21-35,38-42H2,1-6,8-10H3,(H,83,113)(H,84,116)(H,85,103)(H,86,104)(H,87,105)(H,88,112)(H,89,114)(H,91,106)(H,92,115)(H,109,110)/b18-17-,20-19-/t43-,44-,45?,46?,48?,49?,50+,53-,58-,59-,60-,73-,74-/m0/s1. The molecule has 40 nitrogen and oxygen atoms in total. The number of nitrogens with zero attached hydrogens (tertiary/aromatic N) is 3. The third-order valence-corrected chi connectivity index (χ3v) is 22.3. The minimum Gasteiger partial charge on any atom is -0.509 e. The minimum atomic E-state index is -1.85. The highest BCUT2D eigenvalue weighted by atomic mass is 32.2. The second-order valence-corrected chi connectivity index (χ2v) is 31.9. The molecule has 1 saturated heterocycles. The van der Waals surface area contributed by atoms with Crippen LogP contribution in [0.3, 0.4) is 0 Å². The van der Waals surface area contributed by atoms with Crippen molar-refractivity contribution in [3.8, 4) is 5.75 Å². The number of carbonyl (C=O) groups is 20. The van der Waals surface area contributed by atoms with Crippen molar-refractivity contribution in [2.24, 2.45) is 29.6 Å². The van der Waals surface area contributed by atoms with Crippen LogP contribution in [0.5, 0.6) is 5.75 Å². The molecule has 4 aliphatic heterocycles. The Bertz CT molecular complexity index is 4370. The first-order valence-corrected chi connectivity index (χ1v) is 41.8. The van der Waals surface area contributed by atoms with E-state index in [0.717, 1.165) is 45.9 Å². The number of fused-ring (bicyclic) bond motifs is 6. The van der Waals surface area contributed by atoms with Crippen LogP contribution in [-0.2, 0) is 117 Å². The number of aromatic nitrogens is 1. The predicted octanol–water partition coefficient (Wildman–Crippen LogP) is 0.384. The number of aliphatic hydroxyl groups excluding tert-OH is 2. The molecule has 674 valence electrons. The molecule has 13 N–H and O–H groups in total. The molecule has 0 radical (unpaired) electrons. The van der Waals surface area contributed by atoms with Crippen molar-refractivity contribution in [2.45, 2.75) is 212 Å². The first-order valence-electron chi connectivity index (χ1n) is 40.8. The Balaban J connectivity index is 1.43. The average molecular weight is 1740 g/mol. The first kappa shape index (κ1) is 100. The predicted molar refractivity (Wildman–Crippen MR) is 438 cm³/mol. The molecule has 2 bridgehead atoms. The van der Waals surface area contributed by atoms with Crippen LogP contribution in [0, 0.1) is 29.6 Å². The number of ether oxygens (including phenoxy) is 4. The number of aromatic amines is 1. The quantitative estimate of drug-likeness (QED) is 0.0503. The van der Waals surface area contributed by atoms with Gasteiger partial charge in [0, 0.05) is 144 Å². The van der Waals surface area contributed by atoms with Gasteiger partial charge in [0.15, 0.2) is 23.1 Å². The molecule has 12 amide bonds. The van der Waals surface area contributed by atoms with E-state index >= 15 is 14.4 Å². The molecule has 2 aromatic rings. The highest BCUT2D eigenvalue weighted by molar-refractivity contribution is 7.99. The number of amides is 12. The molecule has 6 rings (SSSR count). The Labute approximate surface area is 714 Å². The summed E-state index contributed by atoms with van der Waals surface area (Å²) >= 11 is 0.811. The van der Waals surface area contributed by atoms with E-state index in [4.69, 9.17) is 18.9 Å². The van der Waals surface area contributed by atoms with Crippen molar-refractivity contribution in [2.75, 3.05) is 77.3 Å². The van der Waals surface area contributed by atoms with Crippen LogP contribution in [-0.4, -0.2) is 273 Å². The zero-order chi connectivity index (χ0) is 91.1. The number of esters is 2. The van der Waals surface area contributed by atoms with Gasteiger partial charge in [-0.15, -0.1) is 11.8 Å². The van der Waals surface area contributed by atoms with Crippen LogP contribution < -0.4 is 52.6 Å². The maximum Gasteiger partial charge on any atom is 0.328 e. The van der Waals surface area contributed by atoms with Crippen molar-refractivity contribution in [1.29, 1.82) is 0 Å². The Morgan fingerprint density at radius 1 is 0.602 bits per heavy atom. The number of nitrogens with one attached hydrogen (secondary N) is 10. The topological polar surface area (TPSA) is 573 Å². The fourth-order valence-corrected chi connectivity index (χ4v) is 14.7. The van der Waals surface area contributed by atoms with Crippen molar-refractivity contribution in [1.82, 2.24) is 62.4 Å². The second-order valence-electron chi connectivity index (χ2n) is 30.9. The molecule has 5 heterocycles. The number of benzene rings is 1. The molecular formula is C82H113N13O27S. The van der Waals surface area contributed by atoms with Crippen molar-refractivity contribution < 1.29 is 130 Å². The molecule has 1 fully saturated rings. The maximum atomic E-state index is 15.3. The number of carboxylic acids is 1. The zero-order valence-electron chi connectivity index (χ0n) is 70.5. The monoisotopic (exact) mass is 1740 g/mol. The largest absolute Gasteiger partial charge is 0.509 e. The Morgan fingerprint density at radius 3 is 1.72 bits per heavy atom. The normalized spacial score (nSPS) is 25.8. The number of hydrazine groups is 1. The van der Waals surface area contributed by atoms with Gasteiger partial charge < -0.3 is 92.0 Å². The van der Waals surface area contributed by atoms with Gasteiger partial charge in [0.2, 0.25) is 59.1 Å². The van der Waals surface area contributed by atoms with Crippen LogP contribution in [0.1, 0.15) is 157 Å². The molecule has 4 unspecified atom stereocenters. The van der Waals surface area contributed by atoms with Crippen LogP contribution >= 0.6 is 11.8 Å². The third-order valence-electron chi connectivity index (χ3n) is 21.2. The summed E-state index contributed by atoms with van der Waals surface area (Å²) < 4.78 is 22.2. The minimum absolute atomic E-state index is 0.0487. The molecule has 41 heteroatoms. The number of ketones is 5. The maximum absolute atomic E-state index is 15.3. The van der Waals surface area contributed by atoms with Gasteiger partial charge in [-0.25, -0.2) is 14.8 Å². The van der Waals surface area contributed by atoms with Crippen molar-refractivity contribution >= 4 is 146 Å². The van der Waals surface area contributed by atoms with Crippen molar-refractivity contribution in [3.05, 3.63) is 54.3 Å². The molecule has 123 heavy (non-hydrogen) atoms. The number of aliphatic carboxylic acids is 1. The van der Waals surface area contributed by atoms with Gasteiger partial charge in [-0.3, -0.25) is 91.1 Å². The number of anilines is 1. The number of methoxy groups -OCH3 is 1. The van der Waals surface area contributed by atoms with Crippen LogP contribution in [0.4, 0.5) is 5.69 Å². The highest BCUT2D eigenvalue weighted by Gasteiger charge is 2.45. The average Bonchev–Trinajstić information content (AvgIpc) is 1.63. The Morgan fingerprint density at radius 2 is 1.15 bits per heavy atom. The number of H-pyrrole nitrogens is 1. The Hall–Kier alpha value is -11.6. The fraction of sp³-hybridized carbons (Fsp3) is 0.585. The summed E-state index contributed by atoms with van der Waals surface area (Å²) in [6, 6.07) is -7.70. The lowest BCUT2D eigenvalue weighted by Gasteiger charge is -2.33. The van der Waals surface area contributed by atoms with E-state index in [2.05, 4.69) is 59.4 Å². The van der Waals surface area contributed by atoms with E-state index in [0.29, 0.717) is 18.6 Å². The lowest BCUT2D eigenvalue weighted by molar-refractivity contribution is -0.158. The summed E-state index contributed by atoms with van der Waals surface area (Å²) in [4.78, 5) is 283. The van der Waals surface area contributed by atoms with E-state index in [9.17, 15) is 96.8 Å². The molecule has 13 atom stereocenters. The summed E-state index contributed by atoms with van der Waals surface area (Å²) in [5, 5.41) is 55.1. The van der Waals surface area contributed by atoms with E-state index in [-0.39, 0.29) is 118 Å². The number of hydrogen-bond donors (Lipinski definition) is 13. The van der Waals surface area contributed by atoms with Gasteiger partial charge in [-0.05, 0) is 62.7 Å². The van der Waals surface area contributed by atoms with Crippen LogP contribution in [0.2, 0.25) is 0 Å². The molecule has 0 spiro atoms. The smallest absolute Gasteiger partial charge is 0.328 e. The third kappa shape index (κ3) is 31.4. The summed E-state index contributed by atoms with van der Waals surface area (Å²) in [6.45, 7) is 11.9. The van der Waals surface area contributed by atoms with Gasteiger partial charge in [0.05, 0.1) is 86.2 Å². The highest BCUT2D eigenvalue weighted by Crippen LogP contribution is 2.40. The van der Waals surface area contributed by atoms with Crippen molar-refractivity contribution in [3.63, 3.8) is 0 Å². The first-order chi connectivity index (χ1) is 58.2. The van der Waals surface area contributed by atoms with Crippen LogP contribution in [0.15, 0.2) is 53.8 Å². The molecule has 0 aliphatic carbocycles. The molecule has 4 aliphatic rings. The molecule has 1 aromatic carbocycles. The number of rotatable bonds is 10. The van der Waals surface area contributed by atoms with Gasteiger partial charge in [0.25, 0.3) is 11.8 Å². The van der Waals surface area contributed by atoms with Gasteiger partial charge in [0.1, 0.15) is 41.5 Å². The van der Waals surface area contributed by atoms with E-state index in [1.54, 1.807) is 27.7 Å². The SMILES string of the molecule is C=C(O)/C=C\C(=O)N1CCC(=O)CCCOCCC(=O)NC(C)C(=O)CC(C)C(=O)Oc2cc3[nH]c4c(c3cc2NC(=O)C(C)CC(=O)C(C)NC(=O)CCOCCCC(=O)CCN1C(=O)/C=C\C(=O)O)C[C@@H]1CC(=O)[C@H]([C@@H](C)CC)NC(=O)[C@@H]2C[C@H](O)CN2C(=O)[C@H](CC(=O)OC)NC(=O)[C@H](CS4)NC(=O)CNC(=O)[C@H]([C@@H](C)CC)NC(=O)CNC1=O. The lowest BCUT2D eigenvalue weighted by atomic mass is 9.86. The van der Waals surface area contributed by atoms with Gasteiger partial charge >= 0.3 is 17.9 Å². The fourth-order valence-electron chi connectivity index (χ4n) is 13.6. The number of allylic oxidation sites excluding steroid dienone is 1. The van der Waals surface area contributed by atoms with Crippen LogP contribution in [0.25, 0.3) is 10.9 Å². The van der Waals surface area contributed by atoms with Gasteiger partial charge in [-0.2, -0.15) is 0 Å². The summed E-state index contributed by atoms with van der Waals surface area (Å²) in [7, 11) is 1.01. The second kappa shape index (κ2) is 48.9. The zero-order valence-corrected chi connectivity index (χ0v) is 71.3. The molecular weight excluding hydrogens is 1630 g/mol. The number of thioether (sulfide) groups is 1. The molecule has 0 saturated carbocycles.